The maximum absolute atomic E-state index is 13.5. The summed E-state index contributed by atoms with van der Waals surface area (Å²) >= 11 is 0. The molecule has 4 heteroatoms. The maximum atomic E-state index is 13.5. The van der Waals surface area contributed by atoms with E-state index >= 15 is 0 Å². The molecule has 0 spiro atoms. The molecule has 1 heterocycles. The van der Waals surface area contributed by atoms with Crippen molar-refractivity contribution in [3.05, 3.63) is 29.8 Å². The van der Waals surface area contributed by atoms with E-state index in [0.29, 0.717) is 5.92 Å². The molecule has 18 heavy (non-hydrogen) atoms. The van der Waals surface area contributed by atoms with Crippen molar-refractivity contribution in [2.45, 2.75) is 25.8 Å². The van der Waals surface area contributed by atoms with Crippen LogP contribution in [0.15, 0.2) is 18.2 Å². The first kappa shape index (κ1) is 13.3. The predicted octanol–water partition coefficient (Wildman–Crippen LogP) is 3.11. The highest BCUT2D eigenvalue weighted by Crippen LogP contribution is 2.25. The van der Waals surface area contributed by atoms with Gasteiger partial charge in [0.1, 0.15) is 17.3 Å². The SMILES string of the molecule is CC(Nc1c(F)cccc1F)C1CCN(C)CC1. The van der Waals surface area contributed by atoms with Crippen molar-refractivity contribution in [3.8, 4) is 0 Å². The normalized spacial score (nSPS) is 19.8. The summed E-state index contributed by atoms with van der Waals surface area (Å²) < 4.78 is 27.1. The Morgan fingerprint density at radius 1 is 1.22 bits per heavy atom. The summed E-state index contributed by atoms with van der Waals surface area (Å²) in [6.45, 7) is 4.11. The van der Waals surface area contributed by atoms with Crippen LogP contribution in [0.5, 0.6) is 0 Å². The average Bonchev–Trinajstić information content (AvgIpc) is 2.34. The van der Waals surface area contributed by atoms with Gasteiger partial charge in [-0.2, -0.15) is 0 Å². The highest BCUT2D eigenvalue weighted by Gasteiger charge is 2.23. The second kappa shape index (κ2) is 5.65. The highest BCUT2D eigenvalue weighted by atomic mass is 19.1. The van der Waals surface area contributed by atoms with E-state index in [1.807, 2.05) is 6.92 Å². The largest absolute Gasteiger partial charge is 0.378 e. The third-order valence-electron chi connectivity index (χ3n) is 3.81. The lowest BCUT2D eigenvalue weighted by atomic mass is 9.90. The second-order valence-corrected chi connectivity index (χ2v) is 5.17. The number of nitrogens with one attached hydrogen (secondary N) is 1. The van der Waals surface area contributed by atoms with Crippen molar-refractivity contribution in [2.24, 2.45) is 5.92 Å². The van der Waals surface area contributed by atoms with Gasteiger partial charge in [-0.3, -0.25) is 0 Å². The molecule has 0 radical (unpaired) electrons. The van der Waals surface area contributed by atoms with Crippen molar-refractivity contribution in [1.29, 1.82) is 0 Å². The lowest BCUT2D eigenvalue weighted by Gasteiger charge is -2.33. The Hall–Kier alpha value is -1.16. The molecule has 1 unspecified atom stereocenters. The Bertz CT molecular complexity index is 381. The Morgan fingerprint density at radius 2 is 1.78 bits per heavy atom. The van der Waals surface area contributed by atoms with E-state index in [4.69, 9.17) is 0 Å². The van der Waals surface area contributed by atoms with Crippen LogP contribution in [-0.4, -0.2) is 31.1 Å². The molecule has 0 aromatic heterocycles. The van der Waals surface area contributed by atoms with Crippen molar-refractivity contribution < 1.29 is 8.78 Å². The molecule has 2 rings (SSSR count). The molecule has 1 atom stereocenters. The first-order valence-corrected chi connectivity index (χ1v) is 6.47. The number of piperidine rings is 1. The minimum atomic E-state index is -0.519. The molecule has 1 N–H and O–H groups in total. The summed E-state index contributed by atoms with van der Waals surface area (Å²) in [6, 6.07) is 4.04. The van der Waals surface area contributed by atoms with E-state index in [1.165, 1.54) is 18.2 Å². The topological polar surface area (TPSA) is 15.3 Å². The van der Waals surface area contributed by atoms with E-state index < -0.39 is 11.6 Å². The molecule has 1 aliphatic heterocycles. The molecule has 1 saturated heterocycles. The van der Waals surface area contributed by atoms with Crippen LogP contribution in [0.4, 0.5) is 14.5 Å². The lowest BCUT2D eigenvalue weighted by Crippen LogP contribution is -2.37. The molecule has 1 fully saturated rings. The van der Waals surface area contributed by atoms with E-state index in [2.05, 4.69) is 17.3 Å². The molecular weight excluding hydrogens is 234 g/mol. The molecule has 1 aromatic carbocycles. The lowest BCUT2D eigenvalue weighted by molar-refractivity contribution is 0.208. The van der Waals surface area contributed by atoms with Crippen LogP contribution < -0.4 is 5.32 Å². The standard InChI is InChI=1S/C14H20F2N2/c1-10(11-6-8-18(2)9-7-11)17-14-12(15)4-3-5-13(14)16/h3-5,10-11,17H,6-9H2,1-2H3. The van der Waals surface area contributed by atoms with Gasteiger partial charge >= 0.3 is 0 Å². The summed E-state index contributed by atoms with van der Waals surface area (Å²) in [4.78, 5) is 2.28. The molecule has 0 saturated carbocycles. The van der Waals surface area contributed by atoms with Crippen LogP contribution in [0.2, 0.25) is 0 Å². The average molecular weight is 254 g/mol. The number of likely N-dealkylation sites (tertiary alicyclic amines) is 1. The van der Waals surface area contributed by atoms with Crippen LogP contribution in [0.25, 0.3) is 0 Å². The molecule has 1 aromatic rings. The van der Waals surface area contributed by atoms with Crippen LogP contribution >= 0.6 is 0 Å². The van der Waals surface area contributed by atoms with E-state index in [-0.39, 0.29) is 11.7 Å². The Labute approximate surface area is 107 Å². The van der Waals surface area contributed by atoms with Gasteiger partial charge in [0.25, 0.3) is 0 Å². The smallest absolute Gasteiger partial charge is 0.149 e. The number of para-hydroxylation sites is 1. The van der Waals surface area contributed by atoms with Gasteiger partial charge in [-0.1, -0.05) is 6.07 Å². The number of rotatable bonds is 3. The first-order valence-electron chi connectivity index (χ1n) is 6.47. The van der Waals surface area contributed by atoms with Gasteiger partial charge < -0.3 is 10.2 Å². The number of hydrogen-bond acceptors (Lipinski definition) is 2. The molecule has 100 valence electrons. The molecule has 0 amide bonds. The zero-order chi connectivity index (χ0) is 13.1. The van der Waals surface area contributed by atoms with Gasteiger partial charge in [-0.25, -0.2) is 8.78 Å². The van der Waals surface area contributed by atoms with Gasteiger partial charge in [0, 0.05) is 6.04 Å². The minimum Gasteiger partial charge on any atom is -0.378 e. The zero-order valence-corrected chi connectivity index (χ0v) is 10.9. The summed E-state index contributed by atoms with van der Waals surface area (Å²) in [5.74, 6) is -0.565. The van der Waals surface area contributed by atoms with E-state index in [0.717, 1.165) is 25.9 Å². The van der Waals surface area contributed by atoms with Crippen LogP contribution in [-0.2, 0) is 0 Å². The maximum Gasteiger partial charge on any atom is 0.149 e. The first-order chi connectivity index (χ1) is 8.58. The summed E-state index contributed by atoms with van der Waals surface area (Å²) in [5, 5.41) is 2.99. The van der Waals surface area contributed by atoms with Gasteiger partial charge in [0.15, 0.2) is 0 Å². The number of halogens is 2. The summed E-state index contributed by atoms with van der Waals surface area (Å²) in [6.07, 6.45) is 2.14. The van der Waals surface area contributed by atoms with E-state index in [1.54, 1.807) is 0 Å². The summed E-state index contributed by atoms with van der Waals surface area (Å²) in [7, 11) is 2.10. The van der Waals surface area contributed by atoms with Crippen LogP contribution in [0, 0.1) is 17.6 Å². The zero-order valence-electron chi connectivity index (χ0n) is 10.9. The van der Waals surface area contributed by atoms with Crippen LogP contribution in [0.3, 0.4) is 0 Å². The molecule has 2 nitrogen and oxygen atoms in total. The van der Waals surface area contributed by atoms with Gasteiger partial charge in [-0.05, 0) is 58.0 Å². The molecule has 0 aliphatic carbocycles. The van der Waals surface area contributed by atoms with Crippen molar-refractivity contribution in [2.75, 3.05) is 25.5 Å². The number of anilines is 1. The molecular formula is C14H20F2N2. The van der Waals surface area contributed by atoms with Gasteiger partial charge in [0.2, 0.25) is 0 Å². The Kier molecular flexibility index (Phi) is 4.17. The van der Waals surface area contributed by atoms with Crippen molar-refractivity contribution in [1.82, 2.24) is 4.90 Å². The predicted molar refractivity (Wildman–Crippen MR) is 69.7 cm³/mol. The molecule has 0 bridgehead atoms. The minimum absolute atomic E-state index is 0.00364. The van der Waals surface area contributed by atoms with Crippen LogP contribution in [0.1, 0.15) is 19.8 Å². The number of nitrogens with zero attached hydrogens (tertiary/aromatic N) is 1. The van der Waals surface area contributed by atoms with Gasteiger partial charge in [0.05, 0.1) is 0 Å². The third-order valence-corrected chi connectivity index (χ3v) is 3.81. The summed E-state index contributed by atoms with van der Waals surface area (Å²) in [5.41, 5.74) is 0.00364. The Morgan fingerprint density at radius 3 is 2.33 bits per heavy atom. The highest BCUT2D eigenvalue weighted by molar-refractivity contribution is 5.46. The van der Waals surface area contributed by atoms with Crippen molar-refractivity contribution >= 4 is 5.69 Å². The third kappa shape index (κ3) is 2.99. The quantitative estimate of drug-likeness (QED) is 0.891. The Balaban J connectivity index is 2.00. The fraction of sp³-hybridized carbons (Fsp3) is 0.571. The monoisotopic (exact) mass is 254 g/mol. The second-order valence-electron chi connectivity index (χ2n) is 5.17. The number of benzene rings is 1. The van der Waals surface area contributed by atoms with E-state index in [9.17, 15) is 8.78 Å². The number of hydrogen-bond donors (Lipinski definition) is 1. The van der Waals surface area contributed by atoms with Gasteiger partial charge in [-0.15, -0.1) is 0 Å². The molecule has 1 aliphatic rings. The van der Waals surface area contributed by atoms with Crippen molar-refractivity contribution in [3.63, 3.8) is 0 Å². The fourth-order valence-electron chi connectivity index (χ4n) is 2.51. The fourth-order valence-corrected chi connectivity index (χ4v) is 2.51.